The molecule has 0 aromatic carbocycles. The molecule has 2 nitrogen and oxygen atoms in total. The summed E-state index contributed by atoms with van der Waals surface area (Å²) >= 11 is 0. The van der Waals surface area contributed by atoms with Crippen LogP contribution in [-0.2, 0) is 4.79 Å². The topological polar surface area (TPSA) is 37.3 Å². The lowest BCUT2D eigenvalue weighted by molar-refractivity contribution is -0.136. The molecular weight excluding hydrogens is 180 g/mol. The van der Waals surface area contributed by atoms with Crippen LogP contribution in [0.5, 0.6) is 0 Å². The Morgan fingerprint density at radius 2 is 2.00 bits per heavy atom. The van der Waals surface area contributed by atoms with Crippen molar-refractivity contribution < 1.29 is 9.90 Å². The van der Waals surface area contributed by atoms with Crippen molar-refractivity contribution in [1.82, 2.24) is 0 Å². The van der Waals surface area contributed by atoms with Crippen LogP contribution in [0.3, 0.4) is 0 Å². The van der Waals surface area contributed by atoms with Gasteiger partial charge in [0.05, 0.1) is 6.42 Å². The van der Waals surface area contributed by atoms with Gasteiger partial charge in [0.25, 0.3) is 0 Å². The van der Waals surface area contributed by atoms with Crippen molar-refractivity contribution in [2.75, 3.05) is 5.75 Å². The first kappa shape index (κ1) is 11.2. The van der Waals surface area contributed by atoms with Crippen molar-refractivity contribution in [3.63, 3.8) is 0 Å². The van der Waals surface area contributed by atoms with Gasteiger partial charge >= 0.3 is 5.97 Å². The summed E-state index contributed by atoms with van der Waals surface area (Å²) in [5.74, 6) is -0.0240. The number of aliphatic carboxylic acids is 1. The monoisotopic (exact) mass is 194 g/mol. The minimum Gasteiger partial charge on any atom is -0.481 e. The van der Waals surface area contributed by atoms with Crippen molar-refractivity contribution in [2.24, 2.45) is 0 Å². The zero-order valence-corrected chi connectivity index (χ0v) is 8.72. The summed E-state index contributed by atoms with van der Waals surface area (Å²) in [6, 6.07) is 0. The summed E-state index contributed by atoms with van der Waals surface area (Å²) in [6.45, 7) is 6.35. The molecule has 0 amide bonds. The molecule has 0 rings (SSSR count). The van der Waals surface area contributed by atoms with Crippen molar-refractivity contribution in [1.29, 1.82) is 0 Å². The molecule has 1 N–H and O–H groups in total. The average molecular weight is 194 g/mol. The highest BCUT2D eigenvalue weighted by Gasteiger charge is 2.10. The summed E-state index contributed by atoms with van der Waals surface area (Å²) in [6.07, 6.45) is 0.258. The first-order valence-electron chi connectivity index (χ1n) is 3.44. The molecule has 0 unspecified atom stereocenters. The van der Waals surface area contributed by atoms with Gasteiger partial charge in [-0.25, -0.2) is 0 Å². The van der Waals surface area contributed by atoms with Gasteiger partial charge in [-0.05, 0) is 0 Å². The van der Waals surface area contributed by atoms with E-state index in [0.29, 0.717) is 5.75 Å². The summed E-state index contributed by atoms with van der Waals surface area (Å²) in [7, 11) is 3.35. The van der Waals surface area contributed by atoms with E-state index >= 15 is 0 Å². The van der Waals surface area contributed by atoms with E-state index in [9.17, 15) is 4.79 Å². The van der Waals surface area contributed by atoms with E-state index in [2.05, 4.69) is 20.8 Å². The fourth-order valence-corrected chi connectivity index (χ4v) is 2.60. The molecular formula is C7H14O2S2. The van der Waals surface area contributed by atoms with Crippen LogP contribution in [0.2, 0.25) is 0 Å². The molecule has 11 heavy (non-hydrogen) atoms. The Labute approximate surface area is 75.5 Å². The first-order chi connectivity index (χ1) is 4.92. The van der Waals surface area contributed by atoms with Gasteiger partial charge in [-0.2, -0.15) is 0 Å². The molecule has 0 aliphatic rings. The fourth-order valence-electron chi connectivity index (χ4n) is 0.347. The largest absolute Gasteiger partial charge is 0.481 e. The molecule has 0 saturated carbocycles. The van der Waals surface area contributed by atoms with Gasteiger partial charge in [-0.15, -0.1) is 0 Å². The van der Waals surface area contributed by atoms with Crippen LogP contribution >= 0.6 is 21.6 Å². The van der Waals surface area contributed by atoms with Crippen molar-refractivity contribution in [3.05, 3.63) is 0 Å². The van der Waals surface area contributed by atoms with Gasteiger partial charge in [0.2, 0.25) is 0 Å². The van der Waals surface area contributed by atoms with Crippen molar-refractivity contribution >= 4 is 27.6 Å². The molecule has 0 bridgehead atoms. The summed E-state index contributed by atoms with van der Waals surface area (Å²) in [5, 5.41) is 8.32. The van der Waals surface area contributed by atoms with Gasteiger partial charge in [-0.1, -0.05) is 42.4 Å². The lowest BCUT2D eigenvalue weighted by Gasteiger charge is -2.15. The number of carboxylic acids is 1. The Morgan fingerprint density at radius 3 is 2.36 bits per heavy atom. The van der Waals surface area contributed by atoms with Crippen LogP contribution in [0.1, 0.15) is 27.2 Å². The molecule has 0 radical (unpaired) electrons. The third kappa shape index (κ3) is 10.2. The van der Waals surface area contributed by atoms with Crippen LogP contribution in [0.25, 0.3) is 0 Å². The normalized spacial score (nSPS) is 11.5. The predicted molar refractivity (Wildman–Crippen MR) is 52.1 cm³/mol. The fraction of sp³-hybridized carbons (Fsp3) is 0.857. The molecule has 4 heteroatoms. The number of carboxylic acid groups (broad SMARTS) is 1. The Morgan fingerprint density at radius 1 is 1.45 bits per heavy atom. The van der Waals surface area contributed by atoms with E-state index in [1.165, 1.54) is 0 Å². The highest BCUT2D eigenvalue weighted by atomic mass is 33.1. The predicted octanol–water partition coefficient (Wildman–Crippen LogP) is 2.64. The Balaban J connectivity index is 3.22. The van der Waals surface area contributed by atoms with Crippen LogP contribution in [0, 0.1) is 0 Å². The summed E-state index contributed by atoms with van der Waals surface area (Å²) < 4.78 is 0.225. The molecule has 0 saturated heterocycles. The number of hydrogen-bond acceptors (Lipinski definition) is 3. The highest BCUT2D eigenvalue weighted by molar-refractivity contribution is 8.77. The maximum atomic E-state index is 10.1. The maximum Gasteiger partial charge on any atom is 0.304 e. The second kappa shape index (κ2) is 4.93. The molecule has 0 aromatic heterocycles. The van der Waals surface area contributed by atoms with Gasteiger partial charge in [0.1, 0.15) is 0 Å². The third-order valence-electron chi connectivity index (χ3n) is 0.708. The molecule has 0 fully saturated rings. The third-order valence-corrected chi connectivity index (χ3v) is 4.05. The second-order valence-corrected chi connectivity index (χ2v) is 6.40. The number of rotatable bonds is 4. The highest BCUT2D eigenvalue weighted by Crippen LogP contribution is 2.35. The quantitative estimate of drug-likeness (QED) is 0.551. The van der Waals surface area contributed by atoms with Crippen molar-refractivity contribution in [2.45, 2.75) is 31.9 Å². The lowest BCUT2D eigenvalue weighted by Crippen LogP contribution is -2.05. The Bertz CT molecular complexity index is 129. The number of carbonyl (C=O) groups is 1. The van der Waals surface area contributed by atoms with Crippen LogP contribution in [0.4, 0.5) is 0 Å². The maximum absolute atomic E-state index is 10.1. The molecule has 0 aliphatic heterocycles. The first-order valence-corrected chi connectivity index (χ1v) is 5.76. The van der Waals surface area contributed by atoms with E-state index < -0.39 is 5.97 Å². The Kier molecular flexibility index (Phi) is 5.01. The van der Waals surface area contributed by atoms with Gasteiger partial charge in [0, 0.05) is 10.5 Å². The minimum atomic E-state index is -0.716. The Hall–Kier alpha value is 0.170. The number of hydrogen-bond donors (Lipinski definition) is 1. The SMILES string of the molecule is CC(C)(C)SSCCC(=O)O. The van der Waals surface area contributed by atoms with Crippen LogP contribution < -0.4 is 0 Å². The zero-order chi connectivity index (χ0) is 8.91. The molecule has 0 atom stereocenters. The van der Waals surface area contributed by atoms with Gasteiger partial charge in [0.15, 0.2) is 0 Å². The summed E-state index contributed by atoms with van der Waals surface area (Å²) in [4.78, 5) is 10.1. The zero-order valence-electron chi connectivity index (χ0n) is 7.09. The van der Waals surface area contributed by atoms with E-state index in [4.69, 9.17) is 5.11 Å². The molecule has 0 aliphatic carbocycles. The van der Waals surface area contributed by atoms with E-state index in [1.54, 1.807) is 21.6 Å². The van der Waals surface area contributed by atoms with Gasteiger partial charge in [-0.3, -0.25) is 4.79 Å². The van der Waals surface area contributed by atoms with E-state index in [0.717, 1.165) is 0 Å². The van der Waals surface area contributed by atoms with Crippen LogP contribution in [0.15, 0.2) is 0 Å². The van der Waals surface area contributed by atoms with E-state index in [1.807, 2.05) is 0 Å². The minimum absolute atomic E-state index is 0.225. The standard InChI is InChI=1S/C7H14O2S2/c1-7(2,3)11-10-5-4-6(8)9/h4-5H2,1-3H3,(H,8,9). The van der Waals surface area contributed by atoms with E-state index in [-0.39, 0.29) is 11.2 Å². The van der Waals surface area contributed by atoms with Gasteiger partial charge < -0.3 is 5.11 Å². The molecule has 0 aromatic rings. The summed E-state index contributed by atoms with van der Waals surface area (Å²) in [5.41, 5.74) is 0. The second-order valence-electron chi connectivity index (χ2n) is 3.16. The molecule has 66 valence electrons. The smallest absolute Gasteiger partial charge is 0.304 e. The van der Waals surface area contributed by atoms with Crippen LogP contribution in [-0.4, -0.2) is 21.6 Å². The van der Waals surface area contributed by atoms with Crippen molar-refractivity contribution in [3.8, 4) is 0 Å². The molecule has 0 heterocycles. The average Bonchev–Trinajstić information content (AvgIpc) is 1.78. The lowest BCUT2D eigenvalue weighted by atomic mass is 10.3. The molecule has 0 spiro atoms.